The number of halogens is 3. The molecule has 2 aliphatic carbocycles. The smallest absolute Gasteiger partial charge is 0.419 e. The lowest BCUT2D eigenvalue weighted by atomic mass is 9.88. The van der Waals surface area contributed by atoms with Gasteiger partial charge in [0.1, 0.15) is 5.75 Å². The van der Waals surface area contributed by atoms with Crippen molar-refractivity contribution in [3.8, 4) is 5.75 Å². The third kappa shape index (κ3) is 4.25. The second kappa shape index (κ2) is 8.04. The van der Waals surface area contributed by atoms with Gasteiger partial charge < -0.3 is 19.5 Å². The maximum Gasteiger partial charge on any atom is 0.419 e. The number of ether oxygens (including phenoxy) is 2. The lowest BCUT2D eigenvalue weighted by Crippen LogP contribution is -2.69. The SMILES string of the molecule is O=C1C(Oc2ccc(C3CC3)cc2)=CCN1C1CC(OCCN2CC(O)(C(F)(F)F)C2)C1. The zero-order chi connectivity index (χ0) is 22.5. The van der Waals surface area contributed by atoms with Crippen molar-refractivity contribution in [1.82, 2.24) is 9.80 Å². The van der Waals surface area contributed by atoms with Crippen molar-refractivity contribution in [2.24, 2.45) is 0 Å². The van der Waals surface area contributed by atoms with E-state index >= 15 is 0 Å². The van der Waals surface area contributed by atoms with E-state index < -0.39 is 24.9 Å². The maximum atomic E-state index is 12.7. The first kappa shape index (κ1) is 21.7. The lowest BCUT2D eigenvalue weighted by Gasteiger charge is -2.47. The Morgan fingerprint density at radius 2 is 1.81 bits per heavy atom. The first-order valence-electron chi connectivity index (χ1n) is 11.1. The molecule has 0 bridgehead atoms. The summed E-state index contributed by atoms with van der Waals surface area (Å²) >= 11 is 0. The molecule has 1 aromatic carbocycles. The number of hydrogen-bond donors (Lipinski definition) is 1. The quantitative estimate of drug-likeness (QED) is 0.657. The Morgan fingerprint density at radius 1 is 1.12 bits per heavy atom. The summed E-state index contributed by atoms with van der Waals surface area (Å²) in [5.41, 5.74) is -1.27. The van der Waals surface area contributed by atoms with Gasteiger partial charge in [-0.15, -0.1) is 0 Å². The molecule has 1 saturated heterocycles. The van der Waals surface area contributed by atoms with Crippen LogP contribution < -0.4 is 4.74 Å². The average Bonchev–Trinajstić information content (AvgIpc) is 3.47. The van der Waals surface area contributed by atoms with Crippen LogP contribution in [0.5, 0.6) is 5.75 Å². The largest absolute Gasteiger partial charge is 0.452 e. The molecule has 6 nitrogen and oxygen atoms in total. The van der Waals surface area contributed by atoms with Crippen LogP contribution in [0.2, 0.25) is 0 Å². The molecule has 0 radical (unpaired) electrons. The monoisotopic (exact) mass is 452 g/mol. The van der Waals surface area contributed by atoms with Gasteiger partial charge in [0.15, 0.2) is 11.4 Å². The molecular formula is C23H27F3N2O4. The Balaban J connectivity index is 1.00. The van der Waals surface area contributed by atoms with Gasteiger partial charge in [-0.25, -0.2) is 0 Å². The molecule has 2 aliphatic heterocycles. The molecule has 1 amide bonds. The van der Waals surface area contributed by atoms with Crippen LogP contribution >= 0.6 is 0 Å². The lowest BCUT2D eigenvalue weighted by molar-refractivity contribution is -0.302. The third-order valence-corrected chi connectivity index (χ3v) is 6.87. The van der Waals surface area contributed by atoms with Crippen LogP contribution in [0.15, 0.2) is 36.1 Å². The summed E-state index contributed by atoms with van der Waals surface area (Å²) in [7, 11) is 0. The Hall–Kier alpha value is -2.10. The summed E-state index contributed by atoms with van der Waals surface area (Å²) in [6, 6.07) is 8.02. The van der Waals surface area contributed by atoms with Crippen molar-refractivity contribution in [1.29, 1.82) is 0 Å². The molecule has 0 atom stereocenters. The number of β-amino-alcohol motifs (C(OH)–C–C–N with tert-alkyl or cyclic N) is 1. The maximum absolute atomic E-state index is 12.7. The van der Waals surface area contributed by atoms with E-state index in [-0.39, 0.29) is 18.1 Å². The number of benzene rings is 1. The molecule has 2 saturated carbocycles. The Bertz CT molecular complexity index is 885. The van der Waals surface area contributed by atoms with Gasteiger partial charge in [-0.05, 0) is 55.4 Å². The first-order chi connectivity index (χ1) is 15.2. The number of hydrogen-bond acceptors (Lipinski definition) is 5. The third-order valence-electron chi connectivity index (χ3n) is 6.87. The van der Waals surface area contributed by atoms with E-state index in [0.717, 1.165) is 0 Å². The summed E-state index contributed by atoms with van der Waals surface area (Å²) in [6.07, 6.45) is 1.09. The summed E-state index contributed by atoms with van der Waals surface area (Å²) in [4.78, 5) is 16.0. The van der Waals surface area contributed by atoms with Gasteiger partial charge in [0.05, 0.1) is 12.7 Å². The van der Waals surface area contributed by atoms with Crippen LogP contribution in [0.4, 0.5) is 13.2 Å². The molecule has 5 rings (SSSR count). The van der Waals surface area contributed by atoms with Crippen LogP contribution in [0.1, 0.15) is 37.2 Å². The van der Waals surface area contributed by atoms with E-state index in [1.54, 1.807) is 11.0 Å². The number of aliphatic hydroxyl groups is 1. The van der Waals surface area contributed by atoms with Crippen LogP contribution in [0.25, 0.3) is 0 Å². The highest BCUT2D eigenvalue weighted by Crippen LogP contribution is 2.41. The summed E-state index contributed by atoms with van der Waals surface area (Å²) in [5.74, 6) is 1.57. The highest BCUT2D eigenvalue weighted by atomic mass is 19.4. The first-order valence-corrected chi connectivity index (χ1v) is 11.1. The van der Waals surface area contributed by atoms with E-state index in [9.17, 15) is 23.1 Å². The Morgan fingerprint density at radius 3 is 2.44 bits per heavy atom. The minimum atomic E-state index is -4.59. The molecule has 0 aromatic heterocycles. The minimum absolute atomic E-state index is 0.00415. The molecule has 0 spiro atoms. The number of alkyl halides is 3. The van der Waals surface area contributed by atoms with E-state index in [1.165, 1.54) is 23.3 Å². The highest BCUT2D eigenvalue weighted by molar-refractivity contribution is 5.94. The molecule has 4 aliphatic rings. The van der Waals surface area contributed by atoms with Gasteiger partial charge >= 0.3 is 6.18 Å². The van der Waals surface area contributed by atoms with Gasteiger partial charge in [-0.3, -0.25) is 9.69 Å². The number of nitrogens with zero attached hydrogens (tertiary/aromatic N) is 2. The second-order valence-electron chi connectivity index (χ2n) is 9.33. The molecule has 1 aromatic rings. The number of carbonyl (C=O) groups excluding carboxylic acids is 1. The number of likely N-dealkylation sites (tertiary alicyclic amines) is 1. The van der Waals surface area contributed by atoms with Gasteiger partial charge in [0.2, 0.25) is 0 Å². The van der Waals surface area contributed by atoms with Crippen LogP contribution in [-0.2, 0) is 9.53 Å². The van der Waals surface area contributed by atoms with Crippen LogP contribution in [0.3, 0.4) is 0 Å². The van der Waals surface area contributed by atoms with Gasteiger partial charge in [-0.1, -0.05) is 12.1 Å². The number of carbonyl (C=O) groups is 1. The summed E-state index contributed by atoms with van der Waals surface area (Å²) in [6.45, 7) is 0.347. The fourth-order valence-electron chi connectivity index (χ4n) is 4.55. The molecular weight excluding hydrogens is 425 g/mol. The molecule has 32 heavy (non-hydrogen) atoms. The van der Waals surface area contributed by atoms with Crippen LogP contribution in [0, 0.1) is 0 Å². The molecule has 1 N–H and O–H groups in total. The van der Waals surface area contributed by atoms with Crippen molar-refractivity contribution in [3.05, 3.63) is 41.7 Å². The highest BCUT2D eigenvalue weighted by Gasteiger charge is 2.60. The van der Waals surface area contributed by atoms with E-state index in [0.29, 0.717) is 50.0 Å². The van der Waals surface area contributed by atoms with Gasteiger partial charge in [0, 0.05) is 32.2 Å². The topological polar surface area (TPSA) is 62.2 Å². The Labute approximate surface area is 184 Å². The second-order valence-corrected chi connectivity index (χ2v) is 9.33. The predicted octanol–water partition coefficient (Wildman–Crippen LogP) is 2.83. The molecule has 174 valence electrons. The van der Waals surface area contributed by atoms with Gasteiger partial charge in [-0.2, -0.15) is 13.2 Å². The molecule has 0 unspecified atom stereocenters. The molecule has 3 fully saturated rings. The number of amides is 1. The van der Waals surface area contributed by atoms with Crippen molar-refractivity contribution in [3.63, 3.8) is 0 Å². The normalized spacial score (nSPS) is 27.7. The standard InChI is InChI=1S/C23H27F3N2O4/c24-23(25,26)22(30)13-27(14-22)9-10-31-19-11-17(12-19)28-8-7-20(21(28)29)32-18-5-3-16(4-6-18)15-1-2-15/h3-7,15,17,19,30H,1-2,8-14H2. The van der Waals surface area contributed by atoms with E-state index in [1.807, 2.05) is 12.1 Å². The average molecular weight is 452 g/mol. The fourth-order valence-corrected chi connectivity index (χ4v) is 4.55. The van der Waals surface area contributed by atoms with Crippen molar-refractivity contribution >= 4 is 5.91 Å². The summed E-state index contributed by atoms with van der Waals surface area (Å²) < 4.78 is 49.4. The minimum Gasteiger partial charge on any atom is -0.452 e. The van der Waals surface area contributed by atoms with Crippen molar-refractivity contribution in [2.75, 3.05) is 32.8 Å². The molecule has 2 heterocycles. The zero-order valence-corrected chi connectivity index (χ0v) is 17.7. The van der Waals surface area contributed by atoms with E-state index in [4.69, 9.17) is 9.47 Å². The Kier molecular flexibility index (Phi) is 5.46. The zero-order valence-electron chi connectivity index (χ0n) is 17.7. The van der Waals surface area contributed by atoms with Crippen LogP contribution in [-0.4, -0.2) is 77.5 Å². The predicted molar refractivity (Wildman–Crippen MR) is 109 cm³/mol. The number of rotatable bonds is 8. The fraction of sp³-hybridized carbons (Fsp3) is 0.609. The van der Waals surface area contributed by atoms with E-state index in [2.05, 4.69) is 12.1 Å². The van der Waals surface area contributed by atoms with Crippen molar-refractivity contribution in [2.45, 2.75) is 55.5 Å². The summed E-state index contributed by atoms with van der Waals surface area (Å²) in [5, 5.41) is 9.45. The van der Waals surface area contributed by atoms with Gasteiger partial charge in [0.25, 0.3) is 5.91 Å². The molecule has 9 heteroatoms. The van der Waals surface area contributed by atoms with Crippen molar-refractivity contribution < 1.29 is 32.5 Å².